The molecule has 0 radical (unpaired) electrons. The van der Waals surface area contributed by atoms with Gasteiger partial charge >= 0.3 is 0 Å². The lowest BCUT2D eigenvalue weighted by atomic mass is 10.1. The number of hydrogen-bond donors (Lipinski definition) is 1. The fraction of sp³-hybridized carbons (Fsp3) is 0.750. The third-order valence-electron chi connectivity index (χ3n) is 1.26. The number of azo groups is 1. The average molecular weight is 155 g/mol. The zero-order chi connectivity index (χ0) is 8.69. The fourth-order valence-corrected chi connectivity index (χ4v) is 0.633. The van der Waals surface area contributed by atoms with Crippen LogP contribution >= 0.6 is 0 Å². The summed E-state index contributed by atoms with van der Waals surface area (Å²) in [5.74, 6) is 0.428. The Morgan fingerprint density at radius 2 is 2.18 bits per heavy atom. The molecule has 0 aromatic heterocycles. The predicted molar refractivity (Wildman–Crippen MR) is 47.4 cm³/mol. The van der Waals surface area contributed by atoms with E-state index < -0.39 is 0 Å². The van der Waals surface area contributed by atoms with Crippen LogP contribution in [0.1, 0.15) is 20.8 Å². The summed E-state index contributed by atoms with van der Waals surface area (Å²) in [6.07, 6.45) is 1.91. The van der Waals surface area contributed by atoms with Gasteiger partial charge in [0.05, 0.1) is 5.70 Å². The highest BCUT2D eigenvalue weighted by Gasteiger charge is 1.99. The van der Waals surface area contributed by atoms with Crippen LogP contribution in [0.3, 0.4) is 0 Å². The second-order valence-corrected chi connectivity index (χ2v) is 2.58. The number of allylic oxidation sites excluding steroid dienone is 1. The van der Waals surface area contributed by atoms with Crippen molar-refractivity contribution in [1.29, 1.82) is 0 Å². The van der Waals surface area contributed by atoms with Crippen LogP contribution in [0.25, 0.3) is 0 Å². The van der Waals surface area contributed by atoms with Crippen molar-refractivity contribution < 1.29 is 0 Å². The molecule has 0 aromatic rings. The average Bonchev–Trinajstić information content (AvgIpc) is 1.97. The molecule has 0 aliphatic carbocycles. The summed E-state index contributed by atoms with van der Waals surface area (Å²) in [7, 11) is 1.68. The van der Waals surface area contributed by atoms with Crippen LogP contribution in [0, 0.1) is 5.92 Å². The maximum atomic E-state index is 3.98. The molecule has 11 heavy (non-hydrogen) atoms. The van der Waals surface area contributed by atoms with Crippen molar-refractivity contribution in [2.75, 3.05) is 13.6 Å². The van der Waals surface area contributed by atoms with Gasteiger partial charge in [0.2, 0.25) is 0 Å². The third-order valence-corrected chi connectivity index (χ3v) is 1.26. The Balaban J connectivity index is 4.08. The molecule has 3 heteroatoms. The Morgan fingerprint density at radius 1 is 1.55 bits per heavy atom. The lowest BCUT2D eigenvalue weighted by molar-refractivity contribution is 0.721. The van der Waals surface area contributed by atoms with Crippen LogP contribution in [0.5, 0.6) is 0 Å². The predicted octanol–water partition coefficient (Wildman–Crippen LogP) is 2.18. The van der Waals surface area contributed by atoms with Crippen molar-refractivity contribution in [1.82, 2.24) is 5.32 Å². The quantitative estimate of drug-likeness (QED) is 0.621. The second kappa shape index (κ2) is 5.89. The monoisotopic (exact) mass is 155 g/mol. The SMILES string of the molecule is CCN/C=C(\N=N/C)C(C)C. The van der Waals surface area contributed by atoms with E-state index in [0.29, 0.717) is 5.92 Å². The topological polar surface area (TPSA) is 36.8 Å². The summed E-state index contributed by atoms with van der Waals surface area (Å²) in [6, 6.07) is 0. The van der Waals surface area contributed by atoms with Gasteiger partial charge in [-0.05, 0) is 12.8 Å². The van der Waals surface area contributed by atoms with Crippen LogP contribution < -0.4 is 5.32 Å². The summed E-state index contributed by atoms with van der Waals surface area (Å²) in [6.45, 7) is 7.17. The first kappa shape index (κ1) is 10.1. The van der Waals surface area contributed by atoms with E-state index in [2.05, 4.69) is 36.3 Å². The standard InChI is InChI=1S/C8H17N3/c1-5-10-6-8(7(2)3)11-9-4/h6-7,10H,5H2,1-4H3/b8-6-,11-9-. The molecule has 0 aromatic carbocycles. The van der Waals surface area contributed by atoms with Gasteiger partial charge < -0.3 is 5.32 Å². The van der Waals surface area contributed by atoms with Crippen molar-refractivity contribution in [2.24, 2.45) is 16.1 Å². The molecule has 0 bridgehead atoms. The Hall–Kier alpha value is -0.860. The molecule has 3 nitrogen and oxygen atoms in total. The van der Waals surface area contributed by atoms with Crippen molar-refractivity contribution >= 4 is 0 Å². The molecule has 0 fully saturated rings. The molecule has 0 aliphatic rings. The number of hydrogen-bond acceptors (Lipinski definition) is 3. The van der Waals surface area contributed by atoms with Gasteiger partial charge in [0, 0.05) is 19.8 Å². The van der Waals surface area contributed by atoms with Gasteiger partial charge in [0.15, 0.2) is 0 Å². The van der Waals surface area contributed by atoms with Crippen LogP contribution in [0.15, 0.2) is 22.1 Å². The lowest BCUT2D eigenvalue weighted by Crippen LogP contribution is -2.05. The van der Waals surface area contributed by atoms with E-state index in [0.717, 1.165) is 12.2 Å². The van der Waals surface area contributed by atoms with Crippen LogP contribution in [0.4, 0.5) is 0 Å². The van der Waals surface area contributed by atoms with E-state index in [-0.39, 0.29) is 0 Å². The molecule has 0 unspecified atom stereocenters. The molecule has 64 valence electrons. The van der Waals surface area contributed by atoms with E-state index >= 15 is 0 Å². The number of nitrogens with zero attached hydrogens (tertiary/aromatic N) is 2. The molecular formula is C8H17N3. The summed E-state index contributed by atoms with van der Waals surface area (Å²) in [4.78, 5) is 0. The number of rotatable bonds is 4. The van der Waals surface area contributed by atoms with Gasteiger partial charge in [-0.3, -0.25) is 0 Å². The van der Waals surface area contributed by atoms with E-state index in [4.69, 9.17) is 0 Å². The highest BCUT2D eigenvalue weighted by atomic mass is 15.1. The molecular weight excluding hydrogens is 138 g/mol. The first-order valence-corrected chi connectivity index (χ1v) is 3.95. The van der Waals surface area contributed by atoms with E-state index in [1.165, 1.54) is 0 Å². The molecule has 1 N–H and O–H groups in total. The summed E-state index contributed by atoms with van der Waals surface area (Å²) in [5.41, 5.74) is 0.995. The van der Waals surface area contributed by atoms with Crippen molar-refractivity contribution in [3.05, 3.63) is 11.9 Å². The lowest BCUT2D eigenvalue weighted by Gasteiger charge is -2.03. The Morgan fingerprint density at radius 3 is 2.55 bits per heavy atom. The van der Waals surface area contributed by atoms with Crippen LogP contribution in [-0.4, -0.2) is 13.6 Å². The third kappa shape index (κ3) is 4.53. The maximum Gasteiger partial charge on any atom is 0.0807 e. The largest absolute Gasteiger partial charge is 0.390 e. The first-order valence-electron chi connectivity index (χ1n) is 3.95. The van der Waals surface area contributed by atoms with Gasteiger partial charge in [-0.25, -0.2) is 0 Å². The molecule has 0 spiro atoms. The summed E-state index contributed by atoms with van der Waals surface area (Å²) in [5, 5.41) is 10.8. The van der Waals surface area contributed by atoms with Crippen LogP contribution in [-0.2, 0) is 0 Å². The molecule has 0 amide bonds. The summed E-state index contributed by atoms with van der Waals surface area (Å²) >= 11 is 0. The van der Waals surface area contributed by atoms with Gasteiger partial charge in [-0.2, -0.15) is 10.2 Å². The van der Waals surface area contributed by atoms with E-state index in [9.17, 15) is 0 Å². The van der Waals surface area contributed by atoms with Gasteiger partial charge in [-0.1, -0.05) is 13.8 Å². The molecule has 0 atom stereocenters. The second-order valence-electron chi connectivity index (χ2n) is 2.58. The van der Waals surface area contributed by atoms with Crippen LogP contribution in [0.2, 0.25) is 0 Å². The molecule has 0 aliphatic heterocycles. The highest BCUT2D eigenvalue weighted by Crippen LogP contribution is 2.09. The Labute approximate surface area is 68.6 Å². The molecule has 0 saturated heterocycles. The minimum absolute atomic E-state index is 0.428. The number of nitrogens with one attached hydrogen (secondary N) is 1. The summed E-state index contributed by atoms with van der Waals surface area (Å²) < 4.78 is 0. The normalized spacial score (nSPS) is 13.0. The van der Waals surface area contributed by atoms with Crippen molar-refractivity contribution in [2.45, 2.75) is 20.8 Å². The minimum atomic E-state index is 0.428. The Kier molecular flexibility index (Phi) is 5.43. The van der Waals surface area contributed by atoms with Gasteiger partial charge in [0.1, 0.15) is 0 Å². The van der Waals surface area contributed by atoms with E-state index in [1.54, 1.807) is 7.05 Å². The fourth-order valence-electron chi connectivity index (χ4n) is 0.633. The van der Waals surface area contributed by atoms with E-state index in [1.807, 2.05) is 6.20 Å². The van der Waals surface area contributed by atoms with Gasteiger partial charge in [-0.15, -0.1) is 0 Å². The zero-order valence-corrected chi connectivity index (χ0v) is 7.76. The van der Waals surface area contributed by atoms with Crippen molar-refractivity contribution in [3.8, 4) is 0 Å². The zero-order valence-electron chi connectivity index (χ0n) is 7.76. The highest BCUT2D eigenvalue weighted by molar-refractivity contribution is 5.00. The molecule has 0 heterocycles. The van der Waals surface area contributed by atoms with Crippen molar-refractivity contribution in [3.63, 3.8) is 0 Å². The first-order chi connectivity index (χ1) is 5.22. The smallest absolute Gasteiger partial charge is 0.0807 e. The molecule has 0 rings (SSSR count). The van der Waals surface area contributed by atoms with Gasteiger partial charge in [0.25, 0.3) is 0 Å². The maximum absolute atomic E-state index is 3.98. The molecule has 0 saturated carbocycles. The Bertz CT molecular complexity index is 147. The minimum Gasteiger partial charge on any atom is -0.390 e.